The topological polar surface area (TPSA) is 51.0 Å². The lowest BCUT2D eigenvalue weighted by Crippen LogP contribution is -2.40. The van der Waals surface area contributed by atoms with Crippen LogP contribution in [0.2, 0.25) is 0 Å². The predicted octanol–water partition coefficient (Wildman–Crippen LogP) is 5.31. The van der Waals surface area contributed by atoms with E-state index in [0.29, 0.717) is 6.54 Å². The van der Waals surface area contributed by atoms with Gasteiger partial charge in [0.15, 0.2) is 11.0 Å². The van der Waals surface area contributed by atoms with E-state index in [4.69, 9.17) is 0 Å². The molecule has 0 saturated carbocycles. The Balaban J connectivity index is 1.43. The molecule has 0 radical (unpaired) electrons. The van der Waals surface area contributed by atoms with Crippen molar-refractivity contribution in [1.82, 2.24) is 19.7 Å². The van der Waals surface area contributed by atoms with E-state index in [1.54, 1.807) is 0 Å². The number of carbonyl (C=O) groups excluding carboxylic acids is 1. The molecule has 1 amide bonds. The van der Waals surface area contributed by atoms with E-state index in [1.165, 1.54) is 28.5 Å². The Kier molecular flexibility index (Phi) is 6.01. The van der Waals surface area contributed by atoms with Crippen LogP contribution in [-0.2, 0) is 17.8 Å². The van der Waals surface area contributed by atoms with Crippen molar-refractivity contribution in [3.8, 4) is 17.1 Å². The number of hydrogen-bond acceptors (Lipinski definition) is 4. The smallest absolute Gasteiger partial charge is 0.236 e. The Morgan fingerprint density at radius 3 is 2.36 bits per heavy atom. The molecule has 1 aliphatic heterocycles. The fraction of sp³-hybridized carbons (Fsp3) is 0.222. The summed E-state index contributed by atoms with van der Waals surface area (Å²) in [6.07, 6.45) is 0.900. The Labute approximate surface area is 198 Å². The third kappa shape index (κ3) is 4.44. The van der Waals surface area contributed by atoms with Gasteiger partial charge in [-0.1, -0.05) is 84.1 Å². The number of aryl methyl sites for hydroxylation is 1. The fourth-order valence-electron chi connectivity index (χ4n) is 4.20. The summed E-state index contributed by atoms with van der Waals surface area (Å²) in [6, 6.07) is 26.7. The van der Waals surface area contributed by atoms with Crippen LogP contribution in [0.1, 0.15) is 23.6 Å². The lowest BCUT2D eigenvalue weighted by atomic mass is 10.00. The molecular formula is C27H26N4OS. The Morgan fingerprint density at radius 2 is 1.61 bits per heavy atom. The summed E-state index contributed by atoms with van der Waals surface area (Å²) in [6.45, 7) is 5.45. The van der Waals surface area contributed by atoms with E-state index in [-0.39, 0.29) is 11.2 Å². The van der Waals surface area contributed by atoms with Crippen molar-refractivity contribution in [3.63, 3.8) is 0 Å². The van der Waals surface area contributed by atoms with Gasteiger partial charge in [0.2, 0.25) is 5.91 Å². The zero-order valence-electron chi connectivity index (χ0n) is 18.8. The minimum atomic E-state index is -0.271. The highest BCUT2D eigenvalue weighted by Gasteiger charge is 2.27. The van der Waals surface area contributed by atoms with Crippen LogP contribution < -0.4 is 0 Å². The molecule has 0 fully saturated rings. The molecule has 5 nitrogen and oxygen atoms in total. The number of thioether (sulfide) groups is 1. The first kappa shape index (κ1) is 21.5. The zero-order chi connectivity index (χ0) is 22.8. The van der Waals surface area contributed by atoms with Gasteiger partial charge >= 0.3 is 0 Å². The van der Waals surface area contributed by atoms with Crippen molar-refractivity contribution in [1.29, 1.82) is 0 Å². The van der Waals surface area contributed by atoms with E-state index in [1.807, 2.05) is 48.2 Å². The molecule has 0 saturated heterocycles. The number of fused-ring (bicyclic) bond motifs is 1. The van der Waals surface area contributed by atoms with Crippen molar-refractivity contribution in [3.05, 3.63) is 95.6 Å². The number of amides is 1. The first-order chi connectivity index (χ1) is 16.1. The summed E-state index contributed by atoms with van der Waals surface area (Å²) >= 11 is 1.47. The van der Waals surface area contributed by atoms with Gasteiger partial charge < -0.3 is 4.90 Å². The molecule has 0 aliphatic carbocycles. The third-order valence-corrected chi connectivity index (χ3v) is 7.06. The van der Waals surface area contributed by atoms with Gasteiger partial charge in [-0.25, -0.2) is 0 Å². The minimum absolute atomic E-state index is 0.134. The summed E-state index contributed by atoms with van der Waals surface area (Å²) in [4.78, 5) is 15.3. The Bertz CT molecular complexity index is 1270. The summed E-state index contributed by atoms with van der Waals surface area (Å²) in [7, 11) is 0. The molecular weight excluding hydrogens is 428 g/mol. The number of carbonyl (C=O) groups is 1. The molecule has 1 atom stereocenters. The molecule has 1 aliphatic rings. The molecule has 166 valence electrons. The molecule has 0 spiro atoms. The van der Waals surface area contributed by atoms with Crippen LogP contribution in [0.4, 0.5) is 0 Å². The Morgan fingerprint density at radius 1 is 0.909 bits per heavy atom. The van der Waals surface area contributed by atoms with Gasteiger partial charge in [0.05, 0.1) is 5.25 Å². The standard InChI is InChI=1S/C27H26N4OS/c1-19-12-14-24(15-13-19)31-25(22-9-4-3-5-10-22)28-29-27(31)33-20(2)26(32)30-17-16-21-8-6-7-11-23(21)18-30/h3-15,20H,16-18H2,1-2H3. The number of hydrogen-bond donors (Lipinski definition) is 0. The van der Waals surface area contributed by atoms with E-state index >= 15 is 0 Å². The molecule has 0 N–H and O–H groups in total. The van der Waals surface area contributed by atoms with Crippen LogP contribution in [0.25, 0.3) is 17.1 Å². The summed E-state index contributed by atoms with van der Waals surface area (Å²) < 4.78 is 2.05. The Hall–Kier alpha value is -3.38. The summed E-state index contributed by atoms with van der Waals surface area (Å²) in [5, 5.41) is 9.45. The number of nitrogens with zero attached hydrogens (tertiary/aromatic N) is 4. The quantitative estimate of drug-likeness (QED) is 0.384. The van der Waals surface area contributed by atoms with E-state index in [0.717, 1.165) is 35.2 Å². The molecule has 6 heteroatoms. The van der Waals surface area contributed by atoms with Crippen LogP contribution in [0.5, 0.6) is 0 Å². The van der Waals surface area contributed by atoms with Crippen molar-refractivity contribution in [2.45, 2.75) is 37.2 Å². The molecule has 1 aromatic heterocycles. The predicted molar refractivity (Wildman–Crippen MR) is 132 cm³/mol. The molecule has 33 heavy (non-hydrogen) atoms. The van der Waals surface area contributed by atoms with Crippen molar-refractivity contribution in [2.75, 3.05) is 6.54 Å². The van der Waals surface area contributed by atoms with Crippen LogP contribution in [-0.4, -0.2) is 37.4 Å². The van der Waals surface area contributed by atoms with Gasteiger partial charge in [-0.3, -0.25) is 9.36 Å². The molecule has 3 aromatic carbocycles. The van der Waals surface area contributed by atoms with Gasteiger partial charge in [0.25, 0.3) is 0 Å². The molecule has 1 unspecified atom stereocenters. The highest BCUT2D eigenvalue weighted by molar-refractivity contribution is 8.00. The van der Waals surface area contributed by atoms with E-state index < -0.39 is 0 Å². The van der Waals surface area contributed by atoms with E-state index in [2.05, 4.69) is 64.2 Å². The molecule has 4 aromatic rings. The monoisotopic (exact) mass is 454 g/mol. The lowest BCUT2D eigenvalue weighted by Gasteiger charge is -2.30. The first-order valence-corrected chi connectivity index (χ1v) is 12.1. The number of aromatic nitrogens is 3. The van der Waals surface area contributed by atoms with Gasteiger partial charge in [0.1, 0.15) is 0 Å². The first-order valence-electron chi connectivity index (χ1n) is 11.2. The maximum absolute atomic E-state index is 13.3. The van der Waals surface area contributed by atoms with Gasteiger partial charge in [0, 0.05) is 24.3 Å². The van der Waals surface area contributed by atoms with Crippen LogP contribution in [0.3, 0.4) is 0 Å². The summed E-state index contributed by atoms with van der Waals surface area (Å²) in [5.74, 6) is 0.905. The van der Waals surface area contributed by atoms with Crippen LogP contribution in [0, 0.1) is 6.92 Å². The van der Waals surface area contributed by atoms with Crippen molar-refractivity contribution >= 4 is 17.7 Å². The highest BCUT2D eigenvalue weighted by atomic mass is 32.2. The second kappa shape index (κ2) is 9.24. The van der Waals surface area contributed by atoms with Crippen LogP contribution in [0.15, 0.2) is 84.0 Å². The van der Waals surface area contributed by atoms with Gasteiger partial charge in [-0.15, -0.1) is 10.2 Å². The second-order valence-electron chi connectivity index (χ2n) is 8.38. The van der Waals surface area contributed by atoms with E-state index in [9.17, 15) is 4.79 Å². The van der Waals surface area contributed by atoms with Crippen molar-refractivity contribution in [2.24, 2.45) is 0 Å². The maximum Gasteiger partial charge on any atom is 0.236 e. The third-order valence-electron chi connectivity index (χ3n) is 6.03. The average molecular weight is 455 g/mol. The summed E-state index contributed by atoms with van der Waals surface area (Å²) in [5.41, 5.74) is 5.75. The van der Waals surface area contributed by atoms with Crippen LogP contribution >= 0.6 is 11.8 Å². The van der Waals surface area contributed by atoms with Crippen molar-refractivity contribution < 1.29 is 4.79 Å². The van der Waals surface area contributed by atoms with Gasteiger partial charge in [-0.05, 0) is 43.5 Å². The second-order valence-corrected chi connectivity index (χ2v) is 9.69. The van der Waals surface area contributed by atoms with Gasteiger partial charge in [-0.2, -0.15) is 0 Å². The highest BCUT2D eigenvalue weighted by Crippen LogP contribution is 2.31. The minimum Gasteiger partial charge on any atom is -0.337 e. The largest absolute Gasteiger partial charge is 0.337 e. The molecule has 2 heterocycles. The SMILES string of the molecule is Cc1ccc(-n2c(SC(C)C(=O)N3CCc4ccccc4C3)nnc2-c2ccccc2)cc1. The average Bonchev–Trinajstić information content (AvgIpc) is 3.27. The maximum atomic E-state index is 13.3. The molecule has 5 rings (SSSR count). The number of rotatable bonds is 5. The zero-order valence-corrected chi connectivity index (χ0v) is 19.6. The lowest BCUT2D eigenvalue weighted by molar-refractivity contribution is -0.131. The molecule has 0 bridgehead atoms. The normalized spacial score (nSPS) is 14.1. The fourth-order valence-corrected chi connectivity index (χ4v) is 5.15. The number of benzene rings is 3.